The molecule has 0 saturated heterocycles. The van der Waals surface area contributed by atoms with Gasteiger partial charge in [-0.1, -0.05) is 41.9 Å². The van der Waals surface area contributed by atoms with Gasteiger partial charge in [-0.3, -0.25) is 14.9 Å². The maximum atomic E-state index is 11.2. The highest BCUT2D eigenvalue weighted by Gasteiger charge is 2.16. The van der Waals surface area contributed by atoms with Gasteiger partial charge in [0.15, 0.2) is 0 Å². The smallest absolute Gasteiger partial charge is 0.271 e. The first-order valence-electron chi connectivity index (χ1n) is 11.9. The van der Waals surface area contributed by atoms with Crippen molar-refractivity contribution in [2.45, 2.75) is 33.2 Å². The van der Waals surface area contributed by atoms with Crippen molar-refractivity contribution in [3.05, 3.63) is 64.0 Å². The Morgan fingerprint density at radius 3 is 2.60 bits per heavy atom. The molecule has 0 unspecified atom stereocenters. The van der Waals surface area contributed by atoms with Crippen LogP contribution in [0.3, 0.4) is 0 Å². The number of nitro groups is 1. The average Bonchev–Trinajstić information content (AvgIpc) is 3.21. The number of alkyl halides is 1. The van der Waals surface area contributed by atoms with Crippen molar-refractivity contribution >= 4 is 38.6 Å². The summed E-state index contributed by atoms with van der Waals surface area (Å²) < 4.78 is 7.94. The summed E-state index contributed by atoms with van der Waals surface area (Å²) in [4.78, 5) is 29.2. The molecule has 188 valence electrons. The molecule has 1 aromatic heterocycles. The van der Waals surface area contributed by atoms with Gasteiger partial charge in [-0.25, -0.2) is 4.98 Å². The van der Waals surface area contributed by atoms with Crippen LogP contribution in [0.1, 0.15) is 31.7 Å². The van der Waals surface area contributed by atoms with Crippen molar-refractivity contribution in [3.8, 4) is 5.75 Å². The Balaban J connectivity index is 1.71. The van der Waals surface area contributed by atoms with Crippen LogP contribution in [-0.4, -0.2) is 63.4 Å². The van der Waals surface area contributed by atoms with Crippen molar-refractivity contribution in [2.75, 3.05) is 38.1 Å². The Morgan fingerprint density at radius 2 is 1.94 bits per heavy atom. The Hall–Kier alpha value is -2.98. The van der Waals surface area contributed by atoms with Crippen LogP contribution in [0.5, 0.6) is 5.75 Å². The number of rotatable bonds is 14. The molecule has 1 amide bonds. The SMILES string of the molecule is CCN(CC)CCn1c(Cc2ccc(OCCCNC(=O)CBr)cc2)nc2cc([N+](=O)[O-])ccc21. The number of imidazole rings is 1. The number of amides is 1. The predicted molar refractivity (Wildman–Crippen MR) is 140 cm³/mol. The third-order valence-corrected chi connectivity index (χ3v) is 6.38. The van der Waals surface area contributed by atoms with Gasteiger partial charge in [0, 0.05) is 38.2 Å². The molecule has 0 aliphatic carbocycles. The second-order valence-corrected chi connectivity index (χ2v) is 8.70. The summed E-state index contributed by atoms with van der Waals surface area (Å²) in [6.07, 6.45) is 1.34. The van der Waals surface area contributed by atoms with E-state index in [0.717, 1.165) is 55.3 Å². The molecule has 0 atom stereocenters. The largest absolute Gasteiger partial charge is 0.494 e. The number of non-ortho nitro benzene ring substituents is 1. The summed E-state index contributed by atoms with van der Waals surface area (Å²) in [6.45, 7) is 8.95. The molecule has 0 aliphatic rings. The van der Waals surface area contributed by atoms with E-state index in [9.17, 15) is 14.9 Å². The lowest BCUT2D eigenvalue weighted by Gasteiger charge is -2.19. The number of ether oxygens (including phenoxy) is 1. The van der Waals surface area contributed by atoms with Crippen LogP contribution in [0.25, 0.3) is 11.0 Å². The summed E-state index contributed by atoms with van der Waals surface area (Å²) in [7, 11) is 0. The van der Waals surface area contributed by atoms with E-state index in [1.807, 2.05) is 24.3 Å². The van der Waals surface area contributed by atoms with Gasteiger partial charge in [0.2, 0.25) is 5.91 Å². The van der Waals surface area contributed by atoms with Gasteiger partial charge in [-0.15, -0.1) is 0 Å². The number of fused-ring (bicyclic) bond motifs is 1. The summed E-state index contributed by atoms with van der Waals surface area (Å²) >= 11 is 3.12. The van der Waals surface area contributed by atoms with E-state index < -0.39 is 0 Å². The fourth-order valence-electron chi connectivity index (χ4n) is 3.87. The molecule has 3 aromatic rings. The number of carbonyl (C=O) groups is 1. The van der Waals surface area contributed by atoms with E-state index in [1.165, 1.54) is 0 Å². The lowest BCUT2D eigenvalue weighted by Crippen LogP contribution is -2.27. The van der Waals surface area contributed by atoms with Crippen LogP contribution >= 0.6 is 15.9 Å². The Labute approximate surface area is 213 Å². The fourth-order valence-corrected chi connectivity index (χ4v) is 4.07. The van der Waals surface area contributed by atoms with Crippen LogP contribution < -0.4 is 10.1 Å². The number of halogens is 1. The number of carbonyl (C=O) groups excluding carboxylic acids is 1. The number of aromatic nitrogens is 2. The van der Waals surface area contributed by atoms with Gasteiger partial charge in [0.25, 0.3) is 5.69 Å². The van der Waals surface area contributed by atoms with E-state index in [0.29, 0.717) is 30.4 Å². The molecule has 1 N–H and O–H groups in total. The van der Waals surface area contributed by atoms with Crippen molar-refractivity contribution < 1.29 is 14.5 Å². The van der Waals surface area contributed by atoms with Gasteiger partial charge >= 0.3 is 0 Å². The molecule has 0 aliphatic heterocycles. The molecule has 1 heterocycles. The minimum atomic E-state index is -0.387. The zero-order valence-corrected chi connectivity index (χ0v) is 21.8. The average molecular weight is 546 g/mol. The second-order valence-electron chi connectivity index (χ2n) is 8.14. The summed E-state index contributed by atoms with van der Waals surface area (Å²) in [6, 6.07) is 12.8. The van der Waals surface area contributed by atoms with Crippen molar-refractivity contribution in [1.29, 1.82) is 0 Å². The highest BCUT2D eigenvalue weighted by atomic mass is 79.9. The lowest BCUT2D eigenvalue weighted by molar-refractivity contribution is -0.384. The zero-order valence-electron chi connectivity index (χ0n) is 20.2. The molecule has 0 saturated carbocycles. The van der Waals surface area contributed by atoms with Gasteiger partial charge in [0.05, 0.1) is 27.9 Å². The van der Waals surface area contributed by atoms with E-state index >= 15 is 0 Å². The third kappa shape index (κ3) is 7.50. The van der Waals surface area contributed by atoms with Crippen molar-refractivity contribution in [1.82, 2.24) is 19.8 Å². The van der Waals surface area contributed by atoms with Gasteiger partial charge < -0.3 is 19.5 Å². The summed E-state index contributed by atoms with van der Waals surface area (Å²) in [5.41, 5.74) is 2.67. The minimum absolute atomic E-state index is 0.0351. The van der Waals surface area contributed by atoms with Crippen molar-refractivity contribution in [3.63, 3.8) is 0 Å². The lowest BCUT2D eigenvalue weighted by atomic mass is 10.1. The first-order chi connectivity index (χ1) is 16.9. The molecular weight excluding hydrogens is 514 g/mol. The number of hydrogen-bond donors (Lipinski definition) is 1. The number of nitrogens with one attached hydrogen (secondary N) is 1. The van der Waals surface area contributed by atoms with Gasteiger partial charge in [-0.05, 0) is 43.3 Å². The normalized spacial score (nSPS) is 11.2. The quantitative estimate of drug-likeness (QED) is 0.141. The number of nitro benzene ring substituents is 1. The van der Waals surface area contributed by atoms with Crippen molar-refractivity contribution in [2.24, 2.45) is 0 Å². The molecule has 3 rings (SSSR count). The van der Waals surface area contributed by atoms with Crippen LogP contribution in [0.15, 0.2) is 42.5 Å². The van der Waals surface area contributed by atoms with Crippen LogP contribution in [0.4, 0.5) is 5.69 Å². The predicted octanol–water partition coefficient (Wildman–Crippen LogP) is 4.16. The highest BCUT2D eigenvalue weighted by Crippen LogP contribution is 2.24. The number of hydrogen-bond acceptors (Lipinski definition) is 6. The first-order valence-corrected chi connectivity index (χ1v) is 13.0. The fraction of sp³-hybridized carbons (Fsp3) is 0.440. The molecule has 0 fully saturated rings. The molecule has 35 heavy (non-hydrogen) atoms. The molecule has 9 nitrogen and oxygen atoms in total. The minimum Gasteiger partial charge on any atom is -0.494 e. The Bertz CT molecular complexity index is 1130. The molecule has 0 spiro atoms. The van der Waals surface area contributed by atoms with Crippen LogP contribution in [0, 0.1) is 10.1 Å². The van der Waals surface area contributed by atoms with Crippen LogP contribution in [0.2, 0.25) is 0 Å². The summed E-state index contributed by atoms with van der Waals surface area (Å²) in [5, 5.41) is 14.3. The molecule has 2 aromatic carbocycles. The Morgan fingerprint density at radius 1 is 1.20 bits per heavy atom. The van der Waals surface area contributed by atoms with E-state index in [2.05, 4.69) is 44.6 Å². The standard InChI is InChI=1S/C25H32BrN5O4/c1-3-29(4-2)13-14-30-23-11-8-20(31(33)34)17-22(23)28-24(30)16-19-6-9-21(10-7-19)35-15-5-12-27-25(32)18-26/h6-11,17H,3-5,12-16,18H2,1-2H3,(H,27,32). The third-order valence-electron chi connectivity index (χ3n) is 5.87. The zero-order chi connectivity index (χ0) is 25.2. The molecule has 0 bridgehead atoms. The molecule has 10 heteroatoms. The molecular formula is C25H32BrN5O4. The Kier molecular flexibility index (Phi) is 10.0. The van der Waals surface area contributed by atoms with E-state index in [4.69, 9.17) is 9.72 Å². The monoisotopic (exact) mass is 545 g/mol. The summed E-state index contributed by atoms with van der Waals surface area (Å²) in [5.74, 6) is 1.61. The number of benzene rings is 2. The van der Waals surface area contributed by atoms with E-state index in [1.54, 1.807) is 18.2 Å². The number of likely N-dealkylation sites (N-methyl/N-ethyl adjacent to an activating group) is 1. The van der Waals surface area contributed by atoms with E-state index in [-0.39, 0.29) is 16.5 Å². The maximum absolute atomic E-state index is 11.2. The van der Waals surface area contributed by atoms with Crippen LogP contribution in [-0.2, 0) is 17.8 Å². The number of nitrogens with zero attached hydrogens (tertiary/aromatic N) is 4. The maximum Gasteiger partial charge on any atom is 0.271 e. The molecule has 0 radical (unpaired) electrons. The first kappa shape index (κ1) is 26.6. The van der Waals surface area contributed by atoms with Gasteiger partial charge in [-0.2, -0.15) is 0 Å². The van der Waals surface area contributed by atoms with Gasteiger partial charge in [0.1, 0.15) is 11.6 Å². The topological polar surface area (TPSA) is 103 Å². The highest BCUT2D eigenvalue weighted by molar-refractivity contribution is 9.09. The second kappa shape index (κ2) is 13.2.